The summed E-state index contributed by atoms with van der Waals surface area (Å²) in [7, 11) is 1.61. The molecule has 0 saturated heterocycles. The van der Waals surface area contributed by atoms with Gasteiger partial charge in [0.25, 0.3) is 0 Å². The average molecular weight is 365 g/mol. The van der Waals surface area contributed by atoms with E-state index < -0.39 is 5.97 Å². The maximum atomic E-state index is 12.2. The Hall–Kier alpha value is -1.85. The number of rotatable bonds is 6. The SMILES string of the molecule is COCCOc1ccc(C(=O)Oc2ccccc2C)cc1Br. The van der Waals surface area contributed by atoms with Crippen molar-refractivity contribution in [1.29, 1.82) is 0 Å². The zero-order valence-corrected chi connectivity index (χ0v) is 14.1. The number of ether oxygens (including phenoxy) is 3. The summed E-state index contributed by atoms with van der Waals surface area (Å²) < 4.78 is 16.6. The largest absolute Gasteiger partial charge is 0.490 e. The van der Waals surface area contributed by atoms with Gasteiger partial charge in [0.2, 0.25) is 0 Å². The fraction of sp³-hybridized carbons (Fsp3) is 0.235. The van der Waals surface area contributed by atoms with Crippen LogP contribution in [-0.2, 0) is 4.74 Å². The normalized spacial score (nSPS) is 10.3. The maximum absolute atomic E-state index is 12.2. The van der Waals surface area contributed by atoms with Crippen LogP contribution in [0.2, 0.25) is 0 Å². The zero-order chi connectivity index (χ0) is 15.9. The van der Waals surface area contributed by atoms with Crippen LogP contribution in [-0.4, -0.2) is 26.3 Å². The molecule has 0 aliphatic heterocycles. The minimum atomic E-state index is -0.404. The Morgan fingerprint density at radius 1 is 1.09 bits per heavy atom. The van der Waals surface area contributed by atoms with E-state index in [1.54, 1.807) is 31.4 Å². The van der Waals surface area contributed by atoms with Gasteiger partial charge in [-0.1, -0.05) is 18.2 Å². The van der Waals surface area contributed by atoms with Crippen molar-refractivity contribution in [2.75, 3.05) is 20.3 Å². The van der Waals surface area contributed by atoms with Crippen molar-refractivity contribution in [3.05, 3.63) is 58.1 Å². The molecular formula is C17H17BrO4. The monoisotopic (exact) mass is 364 g/mol. The number of carbonyl (C=O) groups is 1. The molecule has 5 heteroatoms. The fourth-order valence-corrected chi connectivity index (χ4v) is 2.30. The molecule has 0 aliphatic rings. The molecule has 0 heterocycles. The van der Waals surface area contributed by atoms with Crippen molar-refractivity contribution < 1.29 is 19.0 Å². The summed E-state index contributed by atoms with van der Waals surface area (Å²) in [4.78, 5) is 12.2. The number of hydrogen-bond donors (Lipinski definition) is 0. The van der Waals surface area contributed by atoms with Crippen molar-refractivity contribution >= 4 is 21.9 Å². The molecule has 0 fully saturated rings. The molecule has 0 atom stereocenters. The Kier molecular flexibility index (Phi) is 5.98. The van der Waals surface area contributed by atoms with Crippen molar-refractivity contribution in [2.24, 2.45) is 0 Å². The van der Waals surface area contributed by atoms with Gasteiger partial charge in [-0.3, -0.25) is 0 Å². The fourth-order valence-electron chi connectivity index (χ4n) is 1.81. The van der Waals surface area contributed by atoms with Gasteiger partial charge in [-0.05, 0) is 52.7 Å². The van der Waals surface area contributed by atoms with Gasteiger partial charge in [0.05, 0.1) is 16.6 Å². The van der Waals surface area contributed by atoms with Crippen LogP contribution >= 0.6 is 15.9 Å². The Bertz CT molecular complexity index is 655. The first-order valence-corrected chi connectivity index (χ1v) is 7.60. The highest BCUT2D eigenvalue weighted by Crippen LogP contribution is 2.27. The molecule has 0 amide bonds. The number of methoxy groups -OCH3 is 1. The van der Waals surface area contributed by atoms with Gasteiger partial charge in [0, 0.05) is 7.11 Å². The molecule has 0 N–H and O–H groups in total. The summed E-state index contributed by atoms with van der Waals surface area (Å²) >= 11 is 3.39. The van der Waals surface area contributed by atoms with Crippen LogP contribution in [0.25, 0.3) is 0 Å². The molecule has 22 heavy (non-hydrogen) atoms. The van der Waals surface area contributed by atoms with Gasteiger partial charge >= 0.3 is 5.97 Å². The number of aryl methyl sites for hydroxylation is 1. The number of halogens is 1. The molecule has 4 nitrogen and oxygen atoms in total. The standard InChI is InChI=1S/C17H17BrO4/c1-12-5-3-4-6-15(12)22-17(19)13-7-8-16(14(18)11-13)21-10-9-20-2/h3-8,11H,9-10H2,1-2H3. The highest BCUT2D eigenvalue weighted by atomic mass is 79.9. The van der Waals surface area contributed by atoms with E-state index in [2.05, 4.69) is 15.9 Å². The second-order valence-corrected chi connectivity index (χ2v) is 5.50. The highest BCUT2D eigenvalue weighted by Gasteiger charge is 2.12. The first kappa shape index (κ1) is 16.5. The topological polar surface area (TPSA) is 44.8 Å². The van der Waals surface area contributed by atoms with Gasteiger partial charge in [0.1, 0.15) is 18.1 Å². The second kappa shape index (κ2) is 7.96. The van der Waals surface area contributed by atoms with E-state index in [-0.39, 0.29) is 0 Å². The van der Waals surface area contributed by atoms with E-state index in [0.717, 1.165) is 5.56 Å². The second-order valence-electron chi connectivity index (χ2n) is 4.64. The van der Waals surface area contributed by atoms with E-state index in [4.69, 9.17) is 14.2 Å². The van der Waals surface area contributed by atoms with Crippen LogP contribution in [0.15, 0.2) is 46.9 Å². The lowest BCUT2D eigenvalue weighted by Crippen LogP contribution is -2.10. The third kappa shape index (κ3) is 4.32. The molecule has 2 aromatic carbocycles. The minimum absolute atomic E-state index is 0.404. The third-order valence-electron chi connectivity index (χ3n) is 3.01. The molecule has 2 aromatic rings. The summed E-state index contributed by atoms with van der Waals surface area (Å²) in [5, 5.41) is 0. The highest BCUT2D eigenvalue weighted by molar-refractivity contribution is 9.10. The van der Waals surface area contributed by atoms with Crippen molar-refractivity contribution in [3.63, 3.8) is 0 Å². The van der Waals surface area contributed by atoms with Gasteiger partial charge in [-0.2, -0.15) is 0 Å². The summed E-state index contributed by atoms with van der Waals surface area (Å²) in [6, 6.07) is 12.5. The number of hydrogen-bond acceptors (Lipinski definition) is 4. The lowest BCUT2D eigenvalue weighted by atomic mass is 10.2. The lowest BCUT2D eigenvalue weighted by molar-refractivity contribution is 0.0733. The number of esters is 1. The van der Waals surface area contributed by atoms with Crippen molar-refractivity contribution in [3.8, 4) is 11.5 Å². The maximum Gasteiger partial charge on any atom is 0.343 e. The zero-order valence-electron chi connectivity index (χ0n) is 12.5. The molecule has 2 rings (SSSR count). The Balaban J connectivity index is 2.07. The molecule has 0 aromatic heterocycles. The first-order chi connectivity index (χ1) is 10.6. The molecule has 0 saturated carbocycles. The Labute approximate surface area is 138 Å². The van der Waals surface area contributed by atoms with Crippen LogP contribution in [0.3, 0.4) is 0 Å². The van der Waals surface area contributed by atoms with Crippen LogP contribution in [0.5, 0.6) is 11.5 Å². The smallest absolute Gasteiger partial charge is 0.343 e. The van der Waals surface area contributed by atoms with Gasteiger partial charge in [-0.25, -0.2) is 4.79 Å². The molecule has 0 radical (unpaired) electrons. The Morgan fingerprint density at radius 3 is 2.55 bits per heavy atom. The van der Waals surface area contributed by atoms with Crippen LogP contribution in [0, 0.1) is 6.92 Å². The van der Waals surface area contributed by atoms with E-state index >= 15 is 0 Å². The van der Waals surface area contributed by atoms with Crippen molar-refractivity contribution in [1.82, 2.24) is 0 Å². The van der Waals surface area contributed by atoms with Crippen LogP contribution in [0.1, 0.15) is 15.9 Å². The lowest BCUT2D eigenvalue weighted by Gasteiger charge is -2.10. The average Bonchev–Trinajstić information content (AvgIpc) is 2.51. The van der Waals surface area contributed by atoms with E-state index in [1.165, 1.54) is 0 Å². The quantitative estimate of drug-likeness (QED) is 0.441. The number of para-hydroxylation sites is 1. The van der Waals surface area contributed by atoms with Gasteiger partial charge in [0.15, 0.2) is 0 Å². The number of benzene rings is 2. The van der Waals surface area contributed by atoms with Crippen LogP contribution < -0.4 is 9.47 Å². The Morgan fingerprint density at radius 2 is 1.86 bits per heavy atom. The van der Waals surface area contributed by atoms with E-state index in [0.29, 0.717) is 34.7 Å². The molecular weight excluding hydrogens is 348 g/mol. The van der Waals surface area contributed by atoms with E-state index in [9.17, 15) is 4.79 Å². The summed E-state index contributed by atoms with van der Waals surface area (Å²) in [5.41, 5.74) is 1.36. The third-order valence-corrected chi connectivity index (χ3v) is 3.63. The summed E-state index contributed by atoms with van der Waals surface area (Å²) in [6.45, 7) is 2.84. The summed E-state index contributed by atoms with van der Waals surface area (Å²) in [6.07, 6.45) is 0. The molecule has 0 bridgehead atoms. The predicted octanol–water partition coefficient (Wildman–Crippen LogP) is 4.00. The van der Waals surface area contributed by atoms with Gasteiger partial charge < -0.3 is 14.2 Å². The molecule has 0 spiro atoms. The molecule has 0 unspecified atom stereocenters. The van der Waals surface area contributed by atoms with Gasteiger partial charge in [-0.15, -0.1) is 0 Å². The van der Waals surface area contributed by atoms with Crippen molar-refractivity contribution in [2.45, 2.75) is 6.92 Å². The minimum Gasteiger partial charge on any atom is -0.490 e. The van der Waals surface area contributed by atoms with E-state index in [1.807, 2.05) is 25.1 Å². The predicted molar refractivity (Wildman–Crippen MR) is 87.7 cm³/mol. The molecule has 116 valence electrons. The summed E-state index contributed by atoms with van der Waals surface area (Å²) in [5.74, 6) is 0.812. The molecule has 0 aliphatic carbocycles. The number of carbonyl (C=O) groups excluding carboxylic acids is 1. The first-order valence-electron chi connectivity index (χ1n) is 6.81. The van der Waals surface area contributed by atoms with Crippen LogP contribution in [0.4, 0.5) is 0 Å².